The number of hydrogen-bond donors (Lipinski definition) is 3. The third kappa shape index (κ3) is 8.17. The first-order chi connectivity index (χ1) is 28.1. The number of nitrogens with one attached hydrogen (secondary N) is 3. The van der Waals surface area contributed by atoms with Crippen molar-refractivity contribution in [3.8, 4) is 11.1 Å². The lowest BCUT2D eigenvalue weighted by Crippen LogP contribution is -2.59. The molecule has 3 N–H and O–H groups in total. The van der Waals surface area contributed by atoms with Crippen molar-refractivity contribution in [3.05, 3.63) is 84.5 Å². The lowest BCUT2D eigenvalue weighted by atomic mass is 10.0. The van der Waals surface area contributed by atoms with Crippen molar-refractivity contribution in [2.75, 3.05) is 0 Å². The summed E-state index contributed by atoms with van der Waals surface area (Å²) in [5.41, 5.74) is 2.98. The van der Waals surface area contributed by atoms with E-state index in [2.05, 4.69) is 21.9 Å². The molecule has 4 amide bonds. The molecule has 0 spiro atoms. The van der Waals surface area contributed by atoms with Gasteiger partial charge in [0.2, 0.25) is 21.8 Å². The monoisotopic (exact) mass is 811 g/mol. The van der Waals surface area contributed by atoms with Crippen LogP contribution in [-0.2, 0) is 34.0 Å². The Kier molecular flexibility index (Phi) is 11.5. The van der Waals surface area contributed by atoms with Gasteiger partial charge in [0.25, 0.3) is 5.91 Å². The third-order valence-corrected chi connectivity index (χ3v) is 14.4. The molecule has 0 bridgehead atoms. The molecule has 4 aliphatic carbocycles. The minimum Gasteiger partial charge on any atom is -0.446 e. The van der Waals surface area contributed by atoms with Gasteiger partial charge in [-0.15, -0.1) is 6.58 Å². The fourth-order valence-corrected chi connectivity index (χ4v) is 10.5. The maximum absolute atomic E-state index is 15.1. The molecular formula is C44H53N5O8S. The maximum Gasteiger partial charge on any atom is 0.408 e. The third-order valence-electron chi connectivity index (χ3n) is 12.6. The lowest BCUT2D eigenvalue weighted by molar-refractivity contribution is -0.143. The number of benzene rings is 2. The Bertz CT molecular complexity index is 2060. The van der Waals surface area contributed by atoms with Crippen LogP contribution in [0.1, 0.15) is 107 Å². The van der Waals surface area contributed by atoms with Crippen LogP contribution in [0.2, 0.25) is 0 Å². The molecule has 4 fully saturated rings. The summed E-state index contributed by atoms with van der Waals surface area (Å²) in [7, 11) is -3.91. The molecule has 6 atom stereocenters. The van der Waals surface area contributed by atoms with Gasteiger partial charge in [-0.1, -0.05) is 84.8 Å². The van der Waals surface area contributed by atoms with E-state index in [-0.39, 0.29) is 18.9 Å². The fourth-order valence-electron chi connectivity index (χ4n) is 9.18. The quantitative estimate of drug-likeness (QED) is 0.171. The Morgan fingerprint density at radius 2 is 1.60 bits per heavy atom. The van der Waals surface area contributed by atoms with E-state index in [4.69, 9.17) is 14.7 Å². The Labute approximate surface area is 340 Å². The van der Waals surface area contributed by atoms with E-state index < -0.39 is 74.8 Å². The van der Waals surface area contributed by atoms with Gasteiger partial charge in [0.05, 0.1) is 11.3 Å². The zero-order valence-electron chi connectivity index (χ0n) is 32.8. The van der Waals surface area contributed by atoms with Gasteiger partial charge >= 0.3 is 6.09 Å². The Balaban J connectivity index is 1.14. The van der Waals surface area contributed by atoms with E-state index in [1.807, 2.05) is 60.7 Å². The molecule has 1 saturated heterocycles. The predicted octanol–water partition coefficient (Wildman–Crippen LogP) is 5.78. The van der Waals surface area contributed by atoms with Crippen LogP contribution in [0.3, 0.4) is 0 Å². The van der Waals surface area contributed by atoms with Gasteiger partial charge < -0.3 is 25.1 Å². The van der Waals surface area contributed by atoms with Crippen LogP contribution in [0.25, 0.3) is 11.1 Å². The molecule has 308 valence electrons. The van der Waals surface area contributed by atoms with Crippen LogP contribution in [0, 0.1) is 5.92 Å². The van der Waals surface area contributed by atoms with E-state index >= 15 is 4.79 Å². The molecule has 14 heteroatoms. The van der Waals surface area contributed by atoms with Gasteiger partial charge in [-0.3, -0.25) is 19.1 Å². The largest absolute Gasteiger partial charge is 0.446 e. The van der Waals surface area contributed by atoms with Gasteiger partial charge in [0.15, 0.2) is 0 Å². The predicted molar refractivity (Wildman–Crippen MR) is 218 cm³/mol. The summed E-state index contributed by atoms with van der Waals surface area (Å²) in [5, 5.41) is 9.94. The van der Waals surface area contributed by atoms with Crippen molar-refractivity contribution in [3.63, 3.8) is 0 Å². The summed E-state index contributed by atoms with van der Waals surface area (Å²) in [6.07, 6.45) is 12.8. The molecular weight excluding hydrogens is 759 g/mol. The number of fused-ring (bicyclic) bond motifs is 5. The Morgan fingerprint density at radius 3 is 2.28 bits per heavy atom. The average molecular weight is 812 g/mol. The SMILES string of the molecule is C=CCC[C@H]1[C@H](ON=C2c3ccccc3-c3ccccc32)CC2C(=O)NC3(C(=O)NS(=O)(=O)C4CC4)CC3/C=C\CCCCCC(NC(=O)OC3CCCC3)C(=O)N21. The first-order valence-corrected chi connectivity index (χ1v) is 22.5. The summed E-state index contributed by atoms with van der Waals surface area (Å²) in [5.74, 6) is -2.27. The molecule has 3 saturated carbocycles. The van der Waals surface area contributed by atoms with Gasteiger partial charge in [0.1, 0.15) is 35.5 Å². The number of carbonyl (C=O) groups excluding carboxylic acids is 4. The highest BCUT2D eigenvalue weighted by Gasteiger charge is 2.62. The first-order valence-electron chi connectivity index (χ1n) is 21.0. The van der Waals surface area contributed by atoms with E-state index in [1.54, 1.807) is 6.08 Å². The molecule has 2 aliphatic heterocycles. The van der Waals surface area contributed by atoms with E-state index in [0.29, 0.717) is 50.7 Å². The van der Waals surface area contributed by atoms with Crippen molar-refractivity contribution >= 4 is 39.5 Å². The topological polar surface area (TPSA) is 173 Å². The van der Waals surface area contributed by atoms with Crippen molar-refractivity contribution in [2.45, 2.75) is 137 Å². The summed E-state index contributed by atoms with van der Waals surface area (Å²) >= 11 is 0. The normalized spacial score (nSPS) is 29.0. The number of nitrogens with zero attached hydrogens (tertiary/aromatic N) is 2. The number of alkyl carbamates (subject to hydrolysis) is 1. The molecule has 13 nitrogen and oxygen atoms in total. The smallest absolute Gasteiger partial charge is 0.408 e. The second kappa shape index (κ2) is 16.7. The van der Waals surface area contributed by atoms with Crippen LogP contribution in [-0.4, -0.2) is 84.0 Å². The Morgan fingerprint density at radius 1 is 0.931 bits per heavy atom. The number of hydrogen-bond acceptors (Lipinski definition) is 9. The van der Waals surface area contributed by atoms with Crippen molar-refractivity contribution in [1.29, 1.82) is 0 Å². The molecule has 58 heavy (non-hydrogen) atoms. The highest BCUT2D eigenvalue weighted by atomic mass is 32.2. The molecule has 0 aromatic heterocycles. The summed E-state index contributed by atoms with van der Waals surface area (Å²) in [4.78, 5) is 65.1. The van der Waals surface area contributed by atoms with Crippen LogP contribution < -0.4 is 15.4 Å². The molecule has 0 radical (unpaired) electrons. The molecule has 8 rings (SSSR count). The summed E-state index contributed by atoms with van der Waals surface area (Å²) in [6, 6.07) is 13.1. The second-order valence-corrected chi connectivity index (χ2v) is 18.6. The van der Waals surface area contributed by atoms with Crippen molar-refractivity contribution in [1.82, 2.24) is 20.3 Å². The van der Waals surface area contributed by atoms with Crippen LogP contribution in [0.5, 0.6) is 0 Å². The zero-order chi connectivity index (χ0) is 40.4. The minimum atomic E-state index is -3.91. The van der Waals surface area contributed by atoms with E-state index in [9.17, 15) is 22.8 Å². The molecule has 2 heterocycles. The summed E-state index contributed by atoms with van der Waals surface area (Å²) < 4.78 is 34.0. The molecule has 4 unspecified atom stereocenters. The standard InChI is InChI=1S/C44H53N5O8S/c1-2-3-23-36-38(57-47-39-33-20-13-11-18-31(33)32-19-12-14-21-34(32)39)26-37-40(50)46-44(42(52)48-58(54,55)30-24-25-30)27-28(44)15-7-5-4-6-8-22-35(41(51)49(36)37)45-43(53)56-29-16-9-10-17-29/h2,7,11-15,18-21,28-30,35-38H,1,3-6,8-10,16-17,22-27H2,(H,45,53)(H,46,50)(H,48,52)/b15-7-/t28?,35?,36-,37?,38+,44?/m0/s1. The number of sulfonamides is 1. The summed E-state index contributed by atoms with van der Waals surface area (Å²) in [6.45, 7) is 3.92. The van der Waals surface area contributed by atoms with Gasteiger partial charge in [-0.2, -0.15) is 0 Å². The lowest BCUT2D eigenvalue weighted by Gasteiger charge is -2.34. The van der Waals surface area contributed by atoms with Crippen LogP contribution in [0.15, 0.2) is 78.5 Å². The highest BCUT2D eigenvalue weighted by Crippen LogP contribution is 2.46. The van der Waals surface area contributed by atoms with E-state index in [0.717, 1.165) is 60.8 Å². The minimum absolute atomic E-state index is 0.0390. The number of ether oxygens (including phenoxy) is 1. The number of carbonyl (C=O) groups is 4. The zero-order valence-corrected chi connectivity index (χ0v) is 33.6. The Hall–Kier alpha value is -4.98. The van der Waals surface area contributed by atoms with Gasteiger partial charge in [-0.05, 0) is 88.2 Å². The van der Waals surface area contributed by atoms with Crippen LogP contribution in [0.4, 0.5) is 4.79 Å². The highest BCUT2D eigenvalue weighted by molar-refractivity contribution is 7.91. The number of allylic oxidation sites excluding steroid dienone is 2. The number of oxime groups is 1. The van der Waals surface area contributed by atoms with Crippen molar-refractivity contribution in [2.24, 2.45) is 11.1 Å². The second-order valence-electron chi connectivity index (χ2n) is 16.6. The molecule has 2 aromatic rings. The van der Waals surface area contributed by atoms with Gasteiger partial charge in [-0.25, -0.2) is 13.2 Å². The van der Waals surface area contributed by atoms with Gasteiger partial charge in [0, 0.05) is 23.5 Å². The molecule has 2 aromatic carbocycles. The maximum atomic E-state index is 15.1. The fraction of sp³-hybridized carbons (Fsp3) is 0.523. The first kappa shape index (κ1) is 39.8. The van der Waals surface area contributed by atoms with Crippen molar-refractivity contribution < 1.29 is 37.2 Å². The van der Waals surface area contributed by atoms with Crippen LogP contribution >= 0.6 is 0 Å². The average Bonchev–Trinajstić information content (AvgIpc) is 4.06. The van der Waals surface area contributed by atoms with E-state index in [1.165, 1.54) is 4.90 Å². The number of rotatable bonds is 10. The molecule has 6 aliphatic rings. The number of amides is 4.